The molecule has 0 atom stereocenters. The summed E-state index contributed by atoms with van der Waals surface area (Å²) >= 11 is 11.3. The quantitative estimate of drug-likeness (QED) is 0.836. The molecule has 1 rings (SSSR count). The number of sulfonamides is 1. The number of primary sulfonamides is 1. The van der Waals surface area contributed by atoms with Crippen LogP contribution in [0.15, 0.2) is 17.0 Å². The molecular formula is C7H7Cl2NO5S2. The molecule has 17 heavy (non-hydrogen) atoms. The van der Waals surface area contributed by atoms with Crippen molar-refractivity contribution in [2.24, 2.45) is 5.14 Å². The van der Waals surface area contributed by atoms with Crippen molar-refractivity contribution in [2.75, 3.05) is 6.26 Å². The molecule has 96 valence electrons. The first-order valence-electron chi connectivity index (χ1n) is 3.92. The molecule has 0 aromatic heterocycles. The fourth-order valence-corrected chi connectivity index (χ4v) is 2.61. The molecule has 6 nitrogen and oxygen atoms in total. The lowest BCUT2D eigenvalue weighted by molar-refractivity contribution is 0.485. The van der Waals surface area contributed by atoms with Crippen molar-refractivity contribution in [2.45, 2.75) is 4.90 Å². The van der Waals surface area contributed by atoms with Gasteiger partial charge in [0.05, 0.1) is 11.3 Å². The number of hydrogen-bond donors (Lipinski definition) is 1. The third kappa shape index (κ3) is 3.71. The standard InChI is InChI=1S/C7H7Cl2NO5S2/c1-16(11,12)15-7-5(17(10,13)14)3-2-4(8)6(7)9/h2-3H,1H3,(H2,10,13,14). The Balaban J connectivity index is 3.59. The van der Waals surface area contributed by atoms with E-state index in [0.29, 0.717) is 0 Å². The van der Waals surface area contributed by atoms with E-state index in [-0.39, 0.29) is 10.0 Å². The summed E-state index contributed by atoms with van der Waals surface area (Å²) in [6, 6.07) is 2.17. The van der Waals surface area contributed by atoms with Gasteiger partial charge in [-0.15, -0.1) is 0 Å². The molecule has 0 saturated heterocycles. The van der Waals surface area contributed by atoms with E-state index in [1.165, 1.54) is 6.07 Å². The highest BCUT2D eigenvalue weighted by Crippen LogP contribution is 2.37. The Bertz CT molecular complexity index is 653. The van der Waals surface area contributed by atoms with Gasteiger partial charge in [0.2, 0.25) is 10.0 Å². The Morgan fingerprint density at radius 2 is 1.71 bits per heavy atom. The fraction of sp³-hybridized carbons (Fsp3) is 0.143. The second-order valence-corrected chi connectivity index (χ2v) is 6.91. The largest absolute Gasteiger partial charge is 0.379 e. The van der Waals surface area contributed by atoms with E-state index in [9.17, 15) is 16.8 Å². The van der Waals surface area contributed by atoms with Gasteiger partial charge in [0, 0.05) is 0 Å². The van der Waals surface area contributed by atoms with Crippen molar-refractivity contribution >= 4 is 43.3 Å². The number of nitrogens with two attached hydrogens (primary N) is 1. The third-order valence-corrected chi connectivity index (χ3v) is 3.75. The monoisotopic (exact) mass is 319 g/mol. The average molecular weight is 320 g/mol. The van der Waals surface area contributed by atoms with Crippen LogP contribution in [-0.2, 0) is 20.1 Å². The highest BCUT2D eigenvalue weighted by molar-refractivity contribution is 7.89. The summed E-state index contributed by atoms with van der Waals surface area (Å²) in [5, 5.41) is 4.49. The Morgan fingerprint density at radius 1 is 1.18 bits per heavy atom. The van der Waals surface area contributed by atoms with E-state index >= 15 is 0 Å². The van der Waals surface area contributed by atoms with Crippen molar-refractivity contribution in [1.82, 2.24) is 0 Å². The van der Waals surface area contributed by atoms with E-state index in [1.54, 1.807) is 0 Å². The van der Waals surface area contributed by atoms with Crippen molar-refractivity contribution < 1.29 is 21.0 Å². The summed E-state index contributed by atoms with van der Waals surface area (Å²) in [6.45, 7) is 0. The van der Waals surface area contributed by atoms with E-state index in [0.717, 1.165) is 12.3 Å². The lowest BCUT2D eigenvalue weighted by Gasteiger charge is -2.10. The normalized spacial score (nSPS) is 12.5. The third-order valence-electron chi connectivity index (χ3n) is 1.56. The van der Waals surface area contributed by atoms with Crippen LogP contribution in [0, 0.1) is 0 Å². The first-order valence-corrected chi connectivity index (χ1v) is 8.04. The molecule has 0 aliphatic carbocycles. The first-order chi connectivity index (χ1) is 7.52. The lowest BCUT2D eigenvalue weighted by Crippen LogP contribution is -2.16. The Labute approximate surface area is 108 Å². The zero-order chi connectivity index (χ0) is 13.4. The minimum atomic E-state index is -4.18. The molecule has 0 spiro atoms. The van der Waals surface area contributed by atoms with E-state index < -0.39 is 30.8 Å². The van der Waals surface area contributed by atoms with Gasteiger partial charge in [0.1, 0.15) is 9.92 Å². The Hall–Kier alpha value is -0.540. The maximum absolute atomic E-state index is 11.2. The molecule has 0 heterocycles. The summed E-state index contributed by atoms with van der Waals surface area (Å²) < 4.78 is 48.8. The van der Waals surface area contributed by atoms with Crippen LogP contribution in [-0.4, -0.2) is 23.1 Å². The predicted octanol–water partition coefficient (Wildman–Crippen LogP) is 0.979. The molecule has 0 aliphatic rings. The van der Waals surface area contributed by atoms with Gasteiger partial charge in [-0.2, -0.15) is 8.42 Å². The van der Waals surface area contributed by atoms with Crippen LogP contribution < -0.4 is 9.32 Å². The molecule has 0 aliphatic heterocycles. The van der Waals surface area contributed by atoms with Gasteiger partial charge in [-0.1, -0.05) is 23.2 Å². The molecule has 0 radical (unpaired) electrons. The molecule has 0 amide bonds. The van der Waals surface area contributed by atoms with Crippen LogP contribution in [0.2, 0.25) is 10.0 Å². The van der Waals surface area contributed by atoms with Gasteiger partial charge in [-0.3, -0.25) is 0 Å². The van der Waals surface area contributed by atoms with Crippen LogP contribution in [0.1, 0.15) is 0 Å². The van der Waals surface area contributed by atoms with Gasteiger partial charge in [0.15, 0.2) is 5.75 Å². The molecular weight excluding hydrogens is 313 g/mol. The summed E-state index contributed by atoms with van der Waals surface area (Å²) in [4.78, 5) is -0.558. The molecule has 10 heteroatoms. The number of benzene rings is 1. The zero-order valence-electron chi connectivity index (χ0n) is 8.35. The van der Waals surface area contributed by atoms with Gasteiger partial charge < -0.3 is 4.18 Å². The van der Waals surface area contributed by atoms with Crippen molar-refractivity contribution in [1.29, 1.82) is 0 Å². The fourth-order valence-electron chi connectivity index (χ4n) is 0.967. The van der Waals surface area contributed by atoms with E-state index in [2.05, 4.69) is 4.18 Å². The van der Waals surface area contributed by atoms with Gasteiger partial charge in [0.25, 0.3) is 0 Å². The van der Waals surface area contributed by atoms with Crippen LogP contribution in [0.25, 0.3) is 0 Å². The molecule has 1 aromatic rings. The van der Waals surface area contributed by atoms with Crippen LogP contribution in [0.5, 0.6) is 5.75 Å². The van der Waals surface area contributed by atoms with Crippen LogP contribution >= 0.6 is 23.2 Å². The summed E-state index contributed by atoms with van der Waals surface area (Å²) in [5.41, 5.74) is 0. The van der Waals surface area contributed by atoms with Crippen molar-refractivity contribution in [3.05, 3.63) is 22.2 Å². The van der Waals surface area contributed by atoms with Crippen LogP contribution in [0.4, 0.5) is 0 Å². The average Bonchev–Trinajstić information content (AvgIpc) is 2.08. The summed E-state index contributed by atoms with van der Waals surface area (Å²) in [5.74, 6) is -0.607. The number of halogens is 2. The highest BCUT2D eigenvalue weighted by atomic mass is 35.5. The van der Waals surface area contributed by atoms with Crippen molar-refractivity contribution in [3.63, 3.8) is 0 Å². The molecule has 2 N–H and O–H groups in total. The number of hydrogen-bond acceptors (Lipinski definition) is 5. The van der Waals surface area contributed by atoms with E-state index in [4.69, 9.17) is 28.3 Å². The lowest BCUT2D eigenvalue weighted by atomic mass is 10.3. The summed E-state index contributed by atoms with van der Waals surface area (Å²) in [6.07, 6.45) is 0.733. The SMILES string of the molecule is CS(=O)(=O)Oc1c(S(N)(=O)=O)ccc(Cl)c1Cl. The molecule has 1 aromatic carbocycles. The smallest absolute Gasteiger partial charge is 0.306 e. The first kappa shape index (κ1) is 14.5. The van der Waals surface area contributed by atoms with E-state index in [1.807, 2.05) is 0 Å². The van der Waals surface area contributed by atoms with Crippen molar-refractivity contribution in [3.8, 4) is 5.75 Å². The summed E-state index contributed by atoms with van der Waals surface area (Å²) in [7, 11) is -8.14. The molecule has 0 saturated carbocycles. The Morgan fingerprint density at radius 3 is 2.12 bits per heavy atom. The van der Waals surface area contributed by atoms with Crippen LogP contribution in [0.3, 0.4) is 0 Å². The predicted molar refractivity (Wildman–Crippen MR) is 63.3 cm³/mol. The van der Waals surface area contributed by atoms with Gasteiger partial charge in [-0.25, -0.2) is 13.6 Å². The minimum Gasteiger partial charge on any atom is -0.379 e. The molecule has 0 fully saturated rings. The second kappa shape index (κ2) is 4.62. The minimum absolute atomic E-state index is 0.0577. The molecule has 0 unspecified atom stereocenters. The molecule has 0 bridgehead atoms. The highest BCUT2D eigenvalue weighted by Gasteiger charge is 2.23. The van der Waals surface area contributed by atoms with Gasteiger partial charge >= 0.3 is 10.1 Å². The number of rotatable bonds is 3. The maximum atomic E-state index is 11.2. The maximum Gasteiger partial charge on any atom is 0.306 e. The second-order valence-electron chi connectivity index (χ2n) is 3.02. The van der Waals surface area contributed by atoms with Gasteiger partial charge in [-0.05, 0) is 12.1 Å². The zero-order valence-corrected chi connectivity index (χ0v) is 11.5. The Kier molecular flexibility index (Phi) is 3.94. The topological polar surface area (TPSA) is 104 Å².